The van der Waals surface area contributed by atoms with Gasteiger partial charge in [-0.1, -0.05) is 29.3 Å². The van der Waals surface area contributed by atoms with Crippen LogP contribution in [0.4, 0.5) is 0 Å². The Hall–Kier alpha value is -1.29. The summed E-state index contributed by atoms with van der Waals surface area (Å²) in [6.07, 6.45) is 1.74. The number of fused-ring (bicyclic) bond motifs is 1. The fourth-order valence-electron chi connectivity index (χ4n) is 2.46. The molecule has 6 heteroatoms. The molecule has 108 valence electrons. The van der Waals surface area contributed by atoms with Crippen LogP contribution in [0.3, 0.4) is 0 Å². The van der Waals surface area contributed by atoms with Crippen molar-refractivity contribution < 1.29 is 0 Å². The second-order valence-electron chi connectivity index (χ2n) is 4.72. The molecule has 1 aromatic carbocycles. The van der Waals surface area contributed by atoms with Gasteiger partial charge in [0, 0.05) is 16.2 Å². The number of hydrogen-bond donors (Lipinski definition) is 0. The van der Waals surface area contributed by atoms with Crippen molar-refractivity contribution in [3.63, 3.8) is 0 Å². The third-order valence-corrected chi connectivity index (χ3v) is 4.24. The molecule has 0 N–H and O–H groups in total. The predicted octanol–water partition coefficient (Wildman–Crippen LogP) is 5.09. The van der Waals surface area contributed by atoms with E-state index in [0.717, 1.165) is 22.6 Å². The summed E-state index contributed by atoms with van der Waals surface area (Å²) in [5, 5.41) is 1.23. The number of imidazole rings is 1. The fraction of sp³-hybridized carbons (Fsp3) is 0.200. The van der Waals surface area contributed by atoms with Crippen molar-refractivity contribution in [3.8, 4) is 0 Å². The van der Waals surface area contributed by atoms with E-state index in [-0.39, 0.29) is 6.04 Å². The first-order chi connectivity index (χ1) is 10.1. The standard InChI is InChI=1S/C15H12Cl3N3/c1-9(11-5-4-10(17)7-12(11)18)21-14(8-16)20-13-3-2-6-19-15(13)21/h2-7,9H,8H2,1H3. The predicted molar refractivity (Wildman–Crippen MR) is 87.4 cm³/mol. The first kappa shape index (κ1) is 14.6. The van der Waals surface area contributed by atoms with Gasteiger partial charge >= 0.3 is 0 Å². The average molecular weight is 341 g/mol. The molecular weight excluding hydrogens is 329 g/mol. The number of alkyl halides is 1. The normalized spacial score (nSPS) is 12.8. The Morgan fingerprint density at radius 2 is 2.05 bits per heavy atom. The van der Waals surface area contributed by atoms with Crippen LogP contribution >= 0.6 is 34.8 Å². The highest BCUT2D eigenvalue weighted by Crippen LogP contribution is 2.31. The summed E-state index contributed by atoms with van der Waals surface area (Å²) in [4.78, 5) is 8.94. The third kappa shape index (κ3) is 2.61. The lowest BCUT2D eigenvalue weighted by Crippen LogP contribution is -2.11. The summed E-state index contributed by atoms with van der Waals surface area (Å²) in [5.41, 5.74) is 2.58. The van der Waals surface area contributed by atoms with Crippen molar-refractivity contribution in [2.75, 3.05) is 0 Å². The number of halogens is 3. The summed E-state index contributed by atoms with van der Waals surface area (Å²) in [5.74, 6) is 1.08. The number of hydrogen-bond acceptors (Lipinski definition) is 2. The van der Waals surface area contributed by atoms with Crippen LogP contribution in [0, 0.1) is 0 Å². The first-order valence-electron chi connectivity index (χ1n) is 6.44. The Balaban J connectivity index is 2.18. The molecule has 0 amide bonds. The maximum absolute atomic E-state index is 6.32. The highest BCUT2D eigenvalue weighted by atomic mass is 35.5. The smallest absolute Gasteiger partial charge is 0.160 e. The Morgan fingerprint density at radius 3 is 2.76 bits per heavy atom. The van der Waals surface area contributed by atoms with Crippen LogP contribution in [0.15, 0.2) is 36.5 Å². The molecule has 2 heterocycles. The van der Waals surface area contributed by atoms with Crippen molar-refractivity contribution in [3.05, 3.63) is 58.0 Å². The van der Waals surface area contributed by atoms with Gasteiger partial charge in [-0.3, -0.25) is 0 Å². The Labute approximate surface area is 137 Å². The van der Waals surface area contributed by atoms with Gasteiger partial charge in [-0.25, -0.2) is 9.97 Å². The van der Waals surface area contributed by atoms with Crippen LogP contribution in [0.5, 0.6) is 0 Å². The number of pyridine rings is 1. The van der Waals surface area contributed by atoms with E-state index in [0.29, 0.717) is 15.9 Å². The minimum Gasteiger partial charge on any atom is -0.304 e. The maximum atomic E-state index is 6.32. The van der Waals surface area contributed by atoms with E-state index in [2.05, 4.69) is 9.97 Å². The van der Waals surface area contributed by atoms with Crippen molar-refractivity contribution >= 4 is 46.0 Å². The van der Waals surface area contributed by atoms with E-state index < -0.39 is 0 Å². The molecule has 0 spiro atoms. The molecule has 3 aromatic rings. The zero-order valence-electron chi connectivity index (χ0n) is 11.2. The van der Waals surface area contributed by atoms with Gasteiger partial charge in [-0.05, 0) is 36.8 Å². The molecule has 0 aliphatic carbocycles. The Kier molecular flexibility index (Phi) is 4.07. The summed E-state index contributed by atoms with van der Waals surface area (Å²) in [6, 6.07) is 9.22. The molecule has 0 bridgehead atoms. The van der Waals surface area contributed by atoms with Gasteiger partial charge in [0.15, 0.2) is 5.65 Å². The molecule has 0 fully saturated rings. The summed E-state index contributed by atoms with van der Waals surface area (Å²) in [6.45, 7) is 2.04. The molecule has 3 nitrogen and oxygen atoms in total. The van der Waals surface area contributed by atoms with Gasteiger partial charge < -0.3 is 4.57 Å². The van der Waals surface area contributed by atoms with Gasteiger partial charge in [0.05, 0.1) is 11.9 Å². The zero-order chi connectivity index (χ0) is 15.0. The van der Waals surface area contributed by atoms with Crippen LogP contribution in [-0.4, -0.2) is 14.5 Å². The molecule has 0 saturated carbocycles. The van der Waals surface area contributed by atoms with Crippen molar-refractivity contribution in [1.29, 1.82) is 0 Å². The van der Waals surface area contributed by atoms with Crippen LogP contribution < -0.4 is 0 Å². The SMILES string of the molecule is CC(c1ccc(Cl)cc1Cl)n1c(CCl)nc2cccnc21. The van der Waals surface area contributed by atoms with Crippen LogP contribution in [0.2, 0.25) is 10.0 Å². The number of rotatable bonds is 3. The van der Waals surface area contributed by atoms with E-state index in [1.165, 1.54) is 0 Å². The van der Waals surface area contributed by atoms with Crippen molar-refractivity contribution in [2.24, 2.45) is 0 Å². The van der Waals surface area contributed by atoms with E-state index in [1.54, 1.807) is 12.3 Å². The molecule has 0 saturated heterocycles. The minimum atomic E-state index is -0.0385. The van der Waals surface area contributed by atoms with Gasteiger partial charge in [0.1, 0.15) is 11.3 Å². The van der Waals surface area contributed by atoms with Crippen LogP contribution in [-0.2, 0) is 5.88 Å². The van der Waals surface area contributed by atoms with E-state index in [4.69, 9.17) is 34.8 Å². The fourth-order valence-corrected chi connectivity index (χ4v) is 3.21. The second-order valence-corrected chi connectivity index (χ2v) is 5.83. The summed E-state index contributed by atoms with van der Waals surface area (Å²) in [7, 11) is 0. The Bertz CT molecular complexity index is 798. The van der Waals surface area contributed by atoms with Crippen molar-refractivity contribution in [2.45, 2.75) is 18.8 Å². The highest BCUT2D eigenvalue weighted by Gasteiger charge is 2.19. The molecule has 2 aromatic heterocycles. The topological polar surface area (TPSA) is 30.7 Å². The zero-order valence-corrected chi connectivity index (χ0v) is 13.5. The quantitative estimate of drug-likeness (QED) is 0.622. The lowest BCUT2D eigenvalue weighted by molar-refractivity contribution is 0.629. The van der Waals surface area contributed by atoms with Crippen molar-refractivity contribution in [1.82, 2.24) is 14.5 Å². The lowest BCUT2D eigenvalue weighted by atomic mass is 10.1. The van der Waals surface area contributed by atoms with E-state index >= 15 is 0 Å². The lowest BCUT2D eigenvalue weighted by Gasteiger charge is -2.18. The molecule has 1 atom stereocenters. The minimum absolute atomic E-state index is 0.0385. The summed E-state index contributed by atoms with van der Waals surface area (Å²) >= 11 is 18.3. The molecule has 3 rings (SSSR count). The molecule has 0 aliphatic heterocycles. The summed E-state index contributed by atoms with van der Waals surface area (Å²) < 4.78 is 2.01. The van der Waals surface area contributed by atoms with Gasteiger partial charge in [-0.2, -0.15) is 0 Å². The van der Waals surface area contributed by atoms with E-state index in [9.17, 15) is 0 Å². The molecule has 21 heavy (non-hydrogen) atoms. The number of nitrogens with zero attached hydrogens (tertiary/aromatic N) is 3. The number of benzene rings is 1. The largest absolute Gasteiger partial charge is 0.304 e. The monoisotopic (exact) mass is 339 g/mol. The Morgan fingerprint density at radius 1 is 1.24 bits per heavy atom. The van der Waals surface area contributed by atoms with E-state index in [1.807, 2.05) is 35.8 Å². The maximum Gasteiger partial charge on any atom is 0.160 e. The molecule has 0 aliphatic rings. The van der Waals surface area contributed by atoms with Crippen LogP contribution in [0.25, 0.3) is 11.2 Å². The van der Waals surface area contributed by atoms with Gasteiger partial charge in [-0.15, -0.1) is 11.6 Å². The van der Waals surface area contributed by atoms with Gasteiger partial charge in [0.25, 0.3) is 0 Å². The first-order valence-corrected chi connectivity index (χ1v) is 7.73. The van der Waals surface area contributed by atoms with Gasteiger partial charge in [0.2, 0.25) is 0 Å². The third-order valence-electron chi connectivity index (χ3n) is 3.44. The van der Waals surface area contributed by atoms with Crippen LogP contribution in [0.1, 0.15) is 24.4 Å². The highest BCUT2D eigenvalue weighted by molar-refractivity contribution is 6.35. The molecule has 1 unspecified atom stereocenters. The second kappa shape index (κ2) is 5.84. The molecular formula is C15H12Cl3N3. The average Bonchev–Trinajstić information content (AvgIpc) is 2.85. The molecule has 0 radical (unpaired) electrons. The number of aromatic nitrogens is 3.